The van der Waals surface area contributed by atoms with E-state index >= 15 is 0 Å². The number of aryl methyl sites for hydroxylation is 1. The highest BCUT2D eigenvalue weighted by Crippen LogP contribution is 2.35. The third-order valence-electron chi connectivity index (χ3n) is 7.71. The first-order valence-corrected chi connectivity index (χ1v) is 15.9. The maximum absolute atomic E-state index is 13.6. The maximum atomic E-state index is 13.6. The lowest BCUT2D eigenvalue weighted by Gasteiger charge is -2.33. The van der Waals surface area contributed by atoms with Gasteiger partial charge in [0.2, 0.25) is 11.8 Å². The first-order valence-electron chi connectivity index (χ1n) is 15.5. The normalized spacial score (nSPS) is 18.7. The first kappa shape index (κ1) is 35.7. The largest absolute Gasteiger partial charge is 0.493 e. The summed E-state index contributed by atoms with van der Waals surface area (Å²) >= 11 is 5.94. The molecule has 0 spiro atoms. The number of rotatable bonds is 9. The molecular formula is C32H46ClN5O7. The molecule has 45 heavy (non-hydrogen) atoms. The summed E-state index contributed by atoms with van der Waals surface area (Å²) in [6.45, 7) is 7.13. The number of hydrogen-bond acceptors (Lipinski definition) is 8. The van der Waals surface area contributed by atoms with Crippen molar-refractivity contribution in [1.29, 1.82) is 0 Å². The Morgan fingerprint density at radius 2 is 1.98 bits per heavy atom. The number of carbonyl (C=O) groups excluding carboxylic acids is 4. The van der Waals surface area contributed by atoms with Gasteiger partial charge in [-0.25, -0.2) is 0 Å². The summed E-state index contributed by atoms with van der Waals surface area (Å²) < 4.78 is 18.5. The van der Waals surface area contributed by atoms with Crippen LogP contribution in [0, 0.1) is 11.3 Å². The van der Waals surface area contributed by atoms with Gasteiger partial charge >= 0.3 is 5.97 Å². The van der Waals surface area contributed by atoms with Crippen LogP contribution in [0.25, 0.3) is 0 Å². The van der Waals surface area contributed by atoms with E-state index in [0.717, 1.165) is 12.0 Å². The van der Waals surface area contributed by atoms with E-state index in [-0.39, 0.29) is 69.4 Å². The second-order valence-electron chi connectivity index (χ2n) is 11.7. The fourth-order valence-corrected chi connectivity index (χ4v) is 5.32. The molecule has 248 valence electrons. The zero-order chi connectivity index (χ0) is 32.8. The van der Waals surface area contributed by atoms with Crippen molar-refractivity contribution >= 4 is 35.3 Å². The molecular weight excluding hydrogens is 602 g/mol. The lowest BCUT2D eigenvalue weighted by atomic mass is 9.76. The van der Waals surface area contributed by atoms with E-state index in [0.29, 0.717) is 54.8 Å². The Morgan fingerprint density at radius 3 is 2.67 bits per heavy atom. The third kappa shape index (κ3) is 11.3. The average Bonchev–Trinajstić information content (AvgIpc) is 3.44. The van der Waals surface area contributed by atoms with Gasteiger partial charge in [-0.3, -0.25) is 23.9 Å². The summed E-state index contributed by atoms with van der Waals surface area (Å²) in [5.74, 6) is 0.0304. The SMILES string of the molecule is CCOC(=O)C1(CCC(C)C)CNC(=O)CCCN(C(=O)CCn2cc(Cl)cn2)CCNC(=O)COc2ccc(cc2OC)C1. The van der Waals surface area contributed by atoms with Crippen LogP contribution in [-0.4, -0.2) is 84.9 Å². The van der Waals surface area contributed by atoms with E-state index in [1.54, 1.807) is 34.8 Å². The number of esters is 1. The van der Waals surface area contributed by atoms with Gasteiger partial charge in [0.05, 0.1) is 30.4 Å². The minimum atomic E-state index is -1.01. The van der Waals surface area contributed by atoms with Gasteiger partial charge in [-0.15, -0.1) is 0 Å². The van der Waals surface area contributed by atoms with E-state index in [1.165, 1.54) is 13.3 Å². The number of halogens is 1. The molecule has 2 bridgehead atoms. The van der Waals surface area contributed by atoms with Crippen molar-refractivity contribution in [1.82, 2.24) is 25.3 Å². The Hall–Kier alpha value is -3.80. The molecule has 0 fully saturated rings. The Morgan fingerprint density at radius 1 is 1.18 bits per heavy atom. The topological polar surface area (TPSA) is 141 Å². The molecule has 1 aromatic carbocycles. The molecule has 0 saturated carbocycles. The quantitative estimate of drug-likeness (QED) is 0.312. The minimum absolute atomic E-state index is 0.103. The second-order valence-corrected chi connectivity index (χ2v) is 12.1. The summed E-state index contributed by atoms with van der Waals surface area (Å²) in [6.07, 6.45) is 5.45. The van der Waals surface area contributed by atoms with E-state index in [9.17, 15) is 19.2 Å². The van der Waals surface area contributed by atoms with Crippen molar-refractivity contribution in [2.45, 2.75) is 65.8 Å². The monoisotopic (exact) mass is 647 g/mol. The number of hydrogen-bond donors (Lipinski definition) is 2. The maximum Gasteiger partial charge on any atom is 0.314 e. The number of fused-ring (bicyclic) bond motifs is 16. The van der Waals surface area contributed by atoms with Crippen LogP contribution >= 0.6 is 11.6 Å². The molecule has 2 aliphatic heterocycles. The fraction of sp³-hybridized carbons (Fsp3) is 0.594. The first-order chi connectivity index (χ1) is 21.5. The predicted octanol–water partition coefficient (Wildman–Crippen LogP) is 3.40. The Labute approximate surface area is 270 Å². The molecule has 1 atom stereocenters. The molecule has 4 rings (SSSR count). The Balaban J connectivity index is 1.84. The van der Waals surface area contributed by atoms with Gasteiger partial charge in [-0.05, 0) is 56.2 Å². The van der Waals surface area contributed by atoms with E-state index < -0.39 is 5.41 Å². The number of aromatic nitrogens is 2. The average molecular weight is 648 g/mol. The molecule has 2 aromatic rings. The van der Waals surface area contributed by atoms with Crippen LogP contribution in [0.3, 0.4) is 0 Å². The molecule has 3 heterocycles. The molecule has 13 heteroatoms. The van der Waals surface area contributed by atoms with Gasteiger partial charge in [0, 0.05) is 51.8 Å². The van der Waals surface area contributed by atoms with Gasteiger partial charge < -0.3 is 29.7 Å². The number of benzene rings is 1. The third-order valence-corrected chi connectivity index (χ3v) is 7.90. The van der Waals surface area contributed by atoms with Gasteiger partial charge in [-0.1, -0.05) is 31.5 Å². The Kier molecular flexibility index (Phi) is 14.0. The summed E-state index contributed by atoms with van der Waals surface area (Å²) in [6, 6.07) is 5.32. The summed E-state index contributed by atoms with van der Waals surface area (Å²) in [5.41, 5.74) is -0.206. The van der Waals surface area contributed by atoms with E-state index in [1.807, 2.05) is 6.07 Å². The zero-order valence-electron chi connectivity index (χ0n) is 26.7. The number of carbonyl (C=O) groups is 4. The highest BCUT2D eigenvalue weighted by Gasteiger charge is 2.40. The van der Waals surface area contributed by atoms with Crippen molar-refractivity contribution in [2.75, 3.05) is 46.5 Å². The molecule has 2 aliphatic rings. The predicted molar refractivity (Wildman–Crippen MR) is 169 cm³/mol. The van der Waals surface area contributed by atoms with Crippen molar-refractivity contribution in [2.24, 2.45) is 11.3 Å². The van der Waals surface area contributed by atoms with Crippen LogP contribution in [0.5, 0.6) is 11.5 Å². The van der Waals surface area contributed by atoms with Crippen LogP contribution < -0.4 is 20.1 Å². The van der Waals surface area contributed by atoms with Gasteiger partial charge in [0.1, 0.15) is 0 Å². The van der Waals surface area contributed by atoms with Crippen LogP contribution in [0.2, 0.25) is 5.02 Å². The summed E-state index contributed by atoms with van der Waals surface area (Å²) in [5, 5.41) is 10.4. The van der Waals surface area contributed by atoms with Crippen LogP contribution in [0.4, 0.5) is 0 Å². The minimum Gasteiger partial charge on any atom is -0.493 e. The van der Waals surface area contributed by atoms with Gasteiger partial charge in [-0.2, -0.15) is 5.10 Å². The number of methoxy groups -OCH3 is 1. The van der Waals surface area contributed by atoms with Crippen LogP contribution in [-0.2, 0) is 36.9 Å². The molecule has 1 aromatic heterocycles. The van der Waals surface area contributed by atoms with Crippen LogP contribution in [0.15, 0.2) is 30.6 Å². The van der Waals surface area contributed by atoms with Gasteiger partial charge in [0.15, 0.2) is 18.1 Å². The standard InChI is InChI=1S/C32H46ClN5O7/c1-5-44-31(42)32(12-10-23(2)3)18-24-8-9-26(27(17-24)43-4)45-21-29(40)34-13-16-37(14-6-7-28(39)35-22-32)30(41)11-15-38-20-25(33)19-36-38/h8-9,17,19-20,23H,5-7,10-16,18,21-22H2,1-4H3,(H,34,40)(H,35,39). The van der Waals surface area contributed by atoms with Crippen molar-refractivity contribution in [3.05, 3.63) is 41.2 Å². The van der Waals surface area contributed by atoms with Crippen molar-refractivity contribution in [3.8, 4) is 11.5 Å². The lowest BCUT2D eigenvalue weighted by molar-refractivity contribution is -0.156. The van der Waals surface area contributed by atoms with Crippen LogP contribution in [0.1, 0.15) is 58.4 Å². The number of ether oxygens (including phenoxy) is 3. The van der Waals surface area contributed by atoms with E-state index in [4.69, 9.17) is 25.8 Å². The number of amides is 3. The highest BCUT2D eigenvalue weighted by molar-refractivity contribution is 6.30. The Bertz CT molecular complexity index is 1300. The molecule has 0 aliphatic carbocycles. The van der Waals surface area contributed by atoms with Crippen molar-refractivity contribution in [3.63, 3.8) is 0 Å². The molecule has 2 N–H and O–H groups in total. The van der Waals surface area contributed by atoms with Gasteiger partial charge in [0.25, 0.3) is 5.91 Å². The molecule has 1 unspecified atom stereocenters. The number of nitrogens with one attached hydrogen (secondary N) is 2. The fourth-order valence-electron chi connectivity index (χ4n) is 5.17. The molecule has 3 amide bonds. The van der Waals surface area contributed by atoms with Crippen molar-refractivity contribution < 1.29 is 33.4 Å². The lowest BCUT2D eigenvalue weighted by Crippen LogP contribution is -2.46. The smallest absolute Gasteiger partial charge is 0.314 e. The summed E-state index contributed by atoms with van der Waals surface area (Å²) in [7, 11) is 1.51. The number of nitrogens with zero attached hydrogens (tertiary/aromatic N) is 3. The van der Waals surface area contributed by atoms with E-state index in [2.05, 4.69) is 29.6 Å². The zero-order valence-corrected chi connectivity index (χ0v) is 27.5. The molecule has 12 nitrogen and oxygen atoms in total. The molecule has 0 saturated heterocycles. The summed E-state index contributed by atoms with van der Waals surface area (Å²) in [4.78, 5) is 54.0. The molecule has 0 radical (unpaired) electrons. The highest BCUT2D eigenvalue weighted by atomic mass is 35.5. The second kappa shape index (κ2) is 17.6.